The monoisotopic (exact) mass is 445 g/mol. The van der Waals surface area contributed by atoms with E-state index in [1.54, 1.807) is 12.1 Å². The Morgan fingerprint density at radius 1 is 1.12 bits per heavy atom. The Labute approximate surface area is 182 Å². The Balaban J connectivity index is 1.57. The standard InChI is InChI=1S/C22H22F3N5O2/c1-3-26-21(31)20-28-27-19-13-29(11-12-30(19)20)18-6-4-5-17(14(18)2)15-7-9-16(10-8-15)32-22(23,24)25/h4-10H,3,11-13H2,1-2H3,(H,26,31). The van der Waals surface area contributed by atoms with Gasteiger partial charge in [-0.25, -0.2) is 0 Å². The zero-order chi connectivity index (χ0) is 22.9. The smallest absolute Gasteiger partial charge is 0.406 e. The molecular formula is C22H22F3N5O2. The number of hydrogen-bond acceptors (Lipinski definition) is 5. The molecule has 168 valence electrons. The van der Waals surface area contributed by atoms with Gasteiger partial charge in [0.15, 0.2) is 5.82 Å². The summed E-state index contributed by atoms with van der Waals surface area (Å²) in [6.07, 6.45) is -4.72. The van der Waals surface area contributed by atoms with Crippen molar-refractivity contribution in [3.8, 4) is 16.9 Å². The van der Waals surface area contributed by atoms with E-state index in [1.807, 2.05) is 36.6 Å². The number of aromatic nitrogens is 3. The molecule has 32 heavy (non-hydrogen) atoms. The van der Waals surface area contributed by atoms with Gasteiger partial charge in [0.05, 0.1) is 6.54 Å². The van der Waals surface area contributed by atoms with Crippen molar-refractivity contribution in [1.29, 1.82) is 0 Å². The van der Waals surface area contributed by atoms with Gasteiger partial charge in [-0.1, -0.05) is 24.3 Å². The van der Waals surface area contributed by atoms with Crippen molar-refractivity contribution in [2.75, 3.05) is 18.0 Å². The van der Waals surface area contributed by atoms with Crippen molar-refractivity contribution >= 4 is 11.6 Å². The topological polar surface area (TPSA) is 72.3 Å². The third-order valence-corrected chi connectivity index (χ3v) is 5.34. The summed E-state index contributed by atoms with van der Waals surface area (Å²) in [7, 11) is 0. The molecule has 0 fully saturated rings. The predicted molar refractivity (Wildman–Crippen MR) is 112 cm³/mol. The third-order valence-electron chi connectivity index (χ3n) is 5.34. The minimum atomic E-state index is -4.72. The van der Waals surface area contributed by atoms with Crippen LogP contribution in [0, 0.1) is 6.92 Å². The highest BCUT2D eigenvalue weighted by Gasteiger charge is 2.31. The molecule has 3 aromatic rings. The zero-order valence-corrected chi connectivity index (χ0v) is 17.6. The second kappa shape index (κ2) is 8.52. The molecule has 0 unspecified atom stereocenters. The zero-order valence-electron chi connectivity index (χ0n) is 17.6. The van der Waals surface area contributed by atoms with Crippen LogP contribution in [-0.2, 0) is 13.1 Å². The lowest BCUT2D eigenvalue weighted by atomic mass is 9.98. The number of anilines is 1. The minimum absolute atomic E-state index is 0.240. The first-order valence-corrected chi connectivity index (χ1v) is 10.2. The summed E-state index contributed by atoms with van der Waals surface area (Å²) >= 11 is 0. The van der Waals surface area contributed by atoms with E-state index >= 15 is 0 Å². The van der Waals surface area contributed by atoms with Crippen LogP contribution in [0.5, 0.6) is 5.75 Å². The first-order valence-electron chi connectivity index (χ1n) is 10.2. The Hall–Kier alpha value is -3.56. The van der Waals surface area contributed by atoms with Crippen LogP contribution in [0.4, 0.5) is 18.9 Å². The van der Waals surface area contributed by atoms with Gasteiger partial charge in [-0.2, -0.15) is 0 Å². The van der Waals surface area contributed by atoms with Crippen molar-refractivity contribution < 1.29 is 22.7 Å². The van der Waals surface area contributed by atoms with Crippen molar-refractivity contribution in [2.24, 2.45) is 0 Å². The van der Waals surface area contributed by atoms with Crippen LogP contribution in [0.2, 0.25) is 0 Å². The third kappa shape index (κ3) is 4.39. The molecule has 0 spiro atoms. The second-order valence-corrected chi connectivity index (χ2v) is 7.39. The largest absolute Gasteiger partial charge is 0.573 e. The van der Waals surface area contributed by atoms with Gasteiger partial charge < -0.3 is 19.5 Å². The van der Waals surface area contributed by atoms with Crippen LogP contribution in [0.1, 0.15) is 28.9 Å². The van der Waals surface area contributed by atoms with E-state index in [4.69, 9.17) is 0 Å². The fourth-order valence-electron chi connectivity index (χ4n) is 3.89. The molecule has 0 saturated heterocycles. The molecule has 1 N–H and O–H groups in total. The highest BCUT2D eigenvalue weighted by molar-refractivity contribution is 5.90. The molecule has 1 aromatic heterocycles. The Morgan fingerprint density at radius 2 is 1.88 bits per heavy atom. The van der Waals surface area contributed by atoms with Gasteiger partial charge in [0.25, 0.3) is 5.91 Å². The molecule has 0 saturated carbocycles. The molecule has 7 nitrogen and oxygen atoms in total. The SMILES string of the molecule is CCNC(=O)c1nnc2n1CCN(c1cccc(-c3ccc(OC(F)(F)F)cc3)c1C)C2. The molecule has 2 aromatic carbocycles. The van der Waals surface area contributed by atoms with Crippen LogP contribution in [0.15, 0.2) is 42.5 Å². The van der Waals surface area contributed by atoms with E-state index in [9.17, 15) is 18.0 Å². The molecule has 10 heteroatoms. The number of hydrogen-bond donors (Lipinski definition) is 1. The number of alkyl halides is 3. The molecule has 0 bridgehead atoms. The van der Waals surface area contributed by atoms with Gasteiger partial charge in [0.2, 0.25) is 5.82 Å². The quantitative estimate of drug-likeness (QED) is 0.645. The van der Waals surface area contributed by atoms with Crippen LogP contribution in [0.25, 0.3) is 11.1 Å². The van der Waals surface area contributed by atoms with E-state index in [0.29, 0.717) is 37.8 Å². The van der Waals surface area contributed by atoms with Crippen LogP contribution >= 0.6 is 0 Å². The molecule has 0 aliphatic carbocycles. The Kier molecular flexibility index (Phi) is 5.77. The average molecular weight is 445 g/mol. The molecular weight excluding hydrogens is 423 g/mol. The van der Waals surface area contributed by atoms with E-state index in [1.165, 1.54) is 12.1 Å². The number of ether oxygens (including phenoxy) is 1. The number of nitrogens with one attached hydrogen (secondary N) is 1. The summed E-state index contributed by atoms with van der Waals surface area (Å²) in [5.74, 6) is 0.522. The van der Waals surface area contributed by atoms with Gasteiger partial charge >= 0.3 is 6.36 Å². The lowest BCUT2D eigenvalue weighted by Gasteiger charge is -2.31. The van der Waals surface area contributed by atoms with Crippen molar-refractivity contribution in [1.82, 2.24) is 20.1 Å². The summed E-state index contributed by atoms with van der Waals surface area (Å²) in [5.41, 5.74) is 3.69. The lowest BCUT2D eigenvalue weighted by Crippen LogP contribution is -2.36. The minimum Gasteiger partial charge on any atom is -0.406 e. The van der Waals surface area contributed by atoms with Gasteiger partial charge in [-0.05, 0) is 48.7 Å². The van der Waals surface area contributed by atoms with Crippen LogP contribution in [-0.4, -0.2) is 40.1 Å². The number of halogens is 3. The average Bonchev–Trinajstić information content (AvgIpc) is 3.17. The fourth-order valence-corrected chi connectivity index (χ4v) is 3.89. The number of fused-ring (bicyclic) bond motifs is 1. The number of carbonyl (C=O) groups is 1. The van der Waals surface area contributed by atoms with Gasteiger partial charge in [-0.3, -0.25) is 4.79 Å². The normalized spacial score (nSPS) is 13.6. The summed E-state index contributed by atoms with van der Waals surface area (Å²) in [4.78, 5) is 14.3. The van der Waals surface area contributed by atoms with Gasteiger partial charge in [0.1, 0.15) is 5.75 Å². The van der Waals surface area contributed by atoms with E-state index in [-0.39, 0.29) is 11.7 Å². The number of amides is 1. The Morgan fingerprint density at radius 3 is 2.56 bits per heavy atom. The van der Waals surface area contributed by atoms with E-state index in [0.717, 1.165) is 22.4 Å². The number of rotatable bonds is 5. The number of nitrogens with zero attached hydrogens (tertiary/aromatic N) is 4. The van der Waals surface area contributed by atoms with Crippen molar-refractivity contribution in [3.05, 3.63) is 59.7 Å². The summed E-state index contributed by atoms with van der Waals surface area (Å²) in [6.45, 7) is 6.07. The lowest BCUT2D eigenvalue weighted by molar-refractivity contribution is -0.274. The molecule has 0 radical (unpaired) electrons. The summed E-state index contributed by atoms with van der Waals surface area (Å²) in [6, 6.07) is 11.7. The number of carbonyl (C=O) groups excluding carboxylic acids is 1. The van der Waals surface area contributed by atoms with E-state index in [2.05, 4.69) is 25.2 Å². The highest BCUT2D eigenvalue weighted by atomic mass is 19.4. The van der Waals surface area contributed by atoms with Crippen LogP contribution < -0.4 is 15.0 Å². The first kappa shape index (κ1) is 21.7. The molecule has 1 amide bonds. The molecule has 1 aliphatic rings. The number of benzene rings is 2. The van der Waals surface area contributed by atoms with Crippen LogP contribution in [0.3, 0.4) is 0 Å². The molecule has 0 atom stereocenters. The van der Waals surface area contributed by atoms with Crippen molar-refractivity contribution in [2.45, 2.75) is 33.3 Å². The van der Waals surface area contributed by atoms with Crippen molar-refractivity contribution in [3.63, 3.8) is 0 Å². The second-order valence-electron chi connectivity index (χ2n) is 7.39. The van der Waals surface area contributed by atoms with E-state index < -0.39 is 6.36 Å². The van der Waals surface area contributed by atoms with Gasteiger partial charge in [0, 0.05) is 25.3 Å². The predicted octanol–water partition coefficient (Wildman–Crippen LogP) is 3.92. The first-order chi connectivity index (χ1) is 15.3. The maximum Gasteiger partial charge on any atom is 0.573 e. The van der Waals surface area contributed by atoms with Gasteiger partial charge in [-0.15, -0.1) is 23.4 Å². The molecule has 4 rings (SSSR count). The fraction of sp³-hybridized carbons (Fsp3) is 0.318. The highest BCUT2D eigenvalue weighted by Crippen LogP contribution is 2.34. The molecule has 1 aliphatic heterocycles. The Bertz CT molecular complexity index is 1130. The maximum absolute atomic E-state index is 12.4. The summed E-state index contributed by atoms with van der Waals surface area (Å²) < 4.78 is 43.0. The summed E-state index contributed by atoms with van der Waals surface area (Å²) in [5, 5.41) is 11.0. The molecule has 2 heterocycles. The maximum atomic E-state index is 12.4.